The molecule has 0 bridgehead atoms. The number of halogens is 1. The summed E-state index contributed by atoms with van der Waals surface area (Å²) in [6.07, 6.45) is 1.57. The molecule has 9 heteroatoms. The monoisotopic (exact) mass is 367 g/mol. The Morgan fingerprint density at radius 3 is 2.71 bits per heavy atom. The number of rotatable bonds is 5. The fourth-order valence-electron chi connectivity index (χ4n) is 2.55. The molecule has 2 aromatic heterocycles. The summed E-state index contributed by atoms with van der Waals surface area (Å²) in [7, 11) is 0. The second-order valence-corrected chi connectivity index (χ2v) is 6.74. The predicted octanol–water partition coefficient (Wildman–Crippen LogP) is 2.09. The number of aromatic nitrogens is 3. The average molecular weight is 368 g/mol. The van der Waals surface area contributed by atoms with E-state index in [1.165, 1.54) is 11.5 Å². The molecule has 0 spiro atoms. The van der Waals surface area contributed by atoms with Crippen molar-refractivity contribution < 1.29 is 9.53 Å². The number of nitrogens with zero attached hydrogens (tertiary/aromatic N) is 5. The van der Waals surface area contributed by atoms with Gasteiger partial charge in [0.1, 0.15) is 15.8 Å². The zero-order valence-electron chi connectivity index (χ0n) is 13.3. The van der Waals surface area contributed by atoms with Crippen molar-refractivity contribution in [1.82, 2.24) is 19.5 Å². The number of hydrogen-bond acceptors (Lipinski definition) is 8. The van der Waals surface area contributed by atoms with Gasteiger partial charge in [0.15, 0.2) is 0 Å². The van der Waals surface area contributed by atoms with Crippen LogP contribution in [0.2, 0.25) is 4.34 Å². The first-order valence-electron chi connectivity index (χ1n) is 7.74. The molecule has 3 heterocycles. The van der Waals surface area contributed by atoms with Crippen LogP contribution in [0.4, 0.5) is 5.82 Å². The van der Waals surface area contributed by atoms with Gasteiger partial charge in [0.2, 0.25) is 0 Å². The lowest BCUT2D eigenvalue weighted by Gasteiger charge is -2.35. The minimum absolute atomic E-state index is 0.338. The molecule has 1 aliphatic rings. The quantitative estimate of drug-likeness (QED) is 0.749. The molecule has 2 aromatic rings. The molecular formula is C15H18ClN5O2S. The number of piperazine rings is 1. The van der Waals surface area contributed by atoms with Crippen LogP contribution in [-0.4, -0.2) is 58.2 Å². The highest BCUT2D eigenvalue weighted by molar-refractivity contribution is 7.10. The lowest BCUT2D eigenvalue weighted by Crippen LogP contribution is -2.46. The highest BCUT2D eigenvalue weighted by Gasteiger charge is 2.20. The lowest BCUT2D eigenvalue weighted by molar-refractivity contribution is 0.0526. The summed E-state index contributed by atoms with van der Waals surface area (Å²) in [5.41, 5.74) is 1.32. The molecule has 0 atom stereocenters. The predicted molar refractivity (Wildman–Crippen MR) is 92.6 cm³/mol. The van der Waals surface area contributed by atoms with Crippen molar-refractivity contribution in [2.75, 3.05) is 37.7 Å². The summed E-state index contributed by atoms with van der Waals surface area (Å²) < 4.78 is 9.49. The van der Waals surface area contributed by atoms with E-state index in [4.69, 9.17) is 16.3 Å². The number of carbonyl (C=O) groups is 1. The smallest absolute Gasteiger partial charge is 0.339 e. The average Bonchev–Trinajstić information content (AvgIpc) is 3.01. The van der Waals surface area contributed by atoms with Crippen LogP contribution in [-0.2, 0) is 11.3 Å². The van der Waals surface area contributed by atoms with E-state index < -0.39 is 0 Å². The Hall–Kier alpha value is -1.77. The Morgan fingerprint density at radius 2 is 2.12 bits per heavy atom. The molecule has 0 saturated carbocycles. The number of ether oxygens (including phenoxy) is 1. The van der Waals surface area contributed by atoms with E-state index in [9.17, 15) is 4.79 Å². The summed E-state index contributed by atoms with van der Waals surface area (Å²) in [6, 6.07) is 3.62. The van der Waals surface area contributed by atoms with Crippen molar-refractivity contribution in [2.45, 2.75) is 13.5 Å². The highest BCUT2D eigenvalue weighted by Crippen LogP contribution is 2.20. The molecule has 1 aliphatic heterocycles. The number of esters is 1. The Balaban J connectivity index is 1.54. The standard InChI is InChI=1S/C15H18ClN5O2S/c1-2-23-15(22)11-3-4-13(17-9-11)21-7-5-20(6-8-21)10-12-14(16)24-19-18-12/h3-4,9H,2,5-8,10H2,1H3. The van der Waals surface area contributed by atoms with Crippen molar-refractivity contribution in [2.24, 2.45) is 0 Å². The van der Waals surface area contributed by atoms with Crippen LogP contribution in [0.25, 0.3) is 0 Å². The van der Waals surface area contributed by atoms with Crippen LogP contribution in [0.1, 0.15) is 23.0 Å². The summed E-state index contributed by atoms with van der Waals surface area (Å²) in [4.78, 5) is 20.5. The molecule has 24 heavy (non-hydrogen) atoms. The van der Waals surface area contributed by atoms with Gasteiger partial charge in [-0.3, -0.25) is 4.90 Å². The van der Waals surface area contributed by atoms with Crippen molar-refractivity contribution in [3.05, 3.63) is 33.9 Å². The van der Waals surface area contributed by atoms with Crippen molar-refractivity contribution >= 4 is 34.9 Å². The van der Waals surface area contributed by atoms with Crippen LogP contribution < -0.4 is 4.90 Å². The maximum absolute atomic E-state index is 11.7. The van der Waals surface area contributed by atoms with E-state index in [0.717, 1.165) is 44.2 Å². The molecule has 0 amide bonds. The van der Waals surface area contributed by atoms with Crippen LogP contribution in [0, 0.1) is 0 Å². The van der Waals surface area contributed by atoms with Gasteiger partial charge in [-0.1, -0.05) is 16.1 Å². The lowest BCUT2D eigenvalue weighted by atomic mass is 10.2. The van der Waals surface area contributed by atoms with Gasteiger partial charge in [-0.25, -0.2) is 9.78 Å². The first kappa shape index (κ1) is 17.1. The van der Waals surface area contributed by atoms with E-state index in [1.54, 1.807) is 19.2 Å². The molecular weight excluding hydrogens is 350 g/mol. The molecule has 0 radical (unpaired) electrons. The molecule has 0 aromatic carbocycles. The van der Waals surface area contributed by atoms with Crippen molar-refractivity contribution in [3.8, 4) is 0 Å². The number of carbonyl (C=O) groups excluding carboxylic acids is 1. The third-order valence-corrected chi connectivity index (χ3v) is 4.82. The van der Waals surface area contributed by atoms with Gasteiger partial charge in [0, 0.05) is 50.5 Å². The first-order valence-corrected chi connectivity index (χ1v) is 8.89. The SMILES string of the molecule is CCOC(=O)c1ccc(N2CCN(Cc3nnsc3Cl)CC2)nc1. The summed E-state index contributed by atoms with van der Waals surface area (Å²) >= 11 is 7.27. The Bertz CT molecular complexity index is 685. The van der Waals surface area contributed by atoms with Crippen LogP contribution in [0.15, 0.2) is 18.3 Å². The fourth-order valence-corrected chi connectivity index (χ4v) is 3.16. The van der Waals surface area contributed by atoms with Crippen LogP contribution in [0.5, 0.6) is 0 Å². The van der Waals surface area contributed by atoms with Gasteiger partial charge in [0.25, 0.3) is 0 Å². The van der Waals surface area contributed by atoms with E-state index >= 15 is 0 Å². The van der Waals surface area contributed by atoms with E-state index in [-0.39, 0.29) is 5.97 Å². The number of anilines is 1. The largest absolute Gasteiger partial charge is 0.462 e. The third kappa shape index (κ3) is 4.00. The van der Waals surface area contributed by atoms with Gasteiger partial charge < -0.3 is 9.64 Å². The minimum Gasteiger partial charge on any atom is -0.462 e. The Morgan fingerprint density at radius 1 is 1.33 bits per heavy atom. The van der Waals surface area contributed by atoms with Crippen molar-refractivity contribution in [3.63, 3.8) is 0 Å². The maximum Gasteiger partial charge on any atom is 0.339 e. The van der Waals surface area contributed by atoms with Gasteiger partial charge in [-0.05, 0) is 19.1 Å². The fraction of sp³-hybridized carbons (Fsp3) is 0.467. The van der Waals surface area contributed by atoms with E-state index in [0.29, 0.717) is 16.5 Å². The second kappa shape index (κ2) is 7.87. The third-order valence-electron chi connectivity index (χ3n) is 3.84. The number of hydrogen-bond donors (Lipinski definition) is 0. The van der Waals surface area contributed by atoms with Crippen LogP contribution >= 0.6 is 23.1 Å². The Kier molecular flexibility index (Phi) is 5.60. The summed E-state index contributed by atoms with van der Waals surface area (Å²) in [5.74, 6) is 0.533. The molecule has 1 fully saturated rings. The van der Waals surface area contributed by atoms with Crippen molar-refractivity contribution in [1.29, 1.82) is 0 Å². The first-order chi connectivity index (χ1) is 11.7. The second-order valence-electron chi connectivity index (χ2n) is 5.38. The zero-order valence-corrected chi connectivity index (χ0v) is 14.9. The van der Waals surface area contributed by atoms with Gasteiger partial charge in [0.05, 0.1) is 12.2 Å². The normalized spacial score (nSPS) is 15.5. The van der Waals surface area contributed by atoms with Crippen LogP contribution in [0.3, 0.4) is 0 Å². The van der Waals surface area contributed by atoms with Gasteiger partial charge in [-0.15, -0.1) is 5.10 Å². The topological polar surface area (TPSA) is 71.5 Å². The number of pyridine rings is 1. The van der Waals surface area contributed by atoms with E-state index in [2.05, 4.69) is 24.4 Å². The molecule has 3 rings (SSSR count). The van der Waals surface area contributed by atoms with Gasteiger partial charge in [-0.2, -0.15) is 0 Å². The zero-order chi connectivity index (χ0) is 16.9. The van der Waals surface area contributed by atoms with Gasteiger partial charge >= 0.3 is 5.97 Å². The molecule has 0 unspecified atom stereocenters. The Labute approximate surface area is 149 Å². The molecule has 1 saturated heterocycles. The summed E-state index contributed by atoms with van der Waals surface area (Å²) in [5, 5.41) is 4.05. The molecule has 0 N–H and O–H groups in total. The summed E-state index contributed by atoms with van der Waals surface area (Å²) in [6.45, 7) is 6.39. The van der Waals surface area contributed by atoms with E-state index in [1.807, 2.05) is 6.07 Å². The maximum atomic E-state index is 11.7. The molecule has 128 valence electrons. The molecule has 0 aliphatic carbocycles. The minimum atomic E-state index is -0.338. The molecule has 7 nitrogen and oxygen atoms in total. The highest BCUT2D eigenvalue weighted by atomic mass is 35.5.